The fourth-order valence-corrected chi connectivity index (χ4v) is 3.92. The van der Waals surface area contributed by atoms with E-state index >= 15 is 0 Å². The molecule has 1 aliphatic rings. The van der Waals surface area contributed by atoms with E-state index in [2.05, 4.69) is 4.98 Å². The highest BCUT2D eigenvalue weighted by atomic mass is 35.5. The molecule has 0 amide bonds. The second-order valence-corrected chi connectivity index (χ2v) is 8.55. The first-order valence-electron chi connectivity index (χ1n) is 10.6. The van der Waals surface area contributed by atoms with Crippen LogP contribution in [0.25, 0.3) is 0 Å². The number of aryl methyl sites for hydroxylation is 1. The maximum Gasteiger partial charge on any atom is 0.330 e. The molecule has 182 valence electrons. The molecule has 0 saturated carbocycles. The molecule has 2 aromatic rings. The number of rotatable bonds is 8. The molecule has 0 spiro atoms. The van der Waals surface area contributed by atoms with E-state index in [0.717, 1.165) is 0 Å². The number of esters is 1. The highest BCUT2D eigenvalue weighted by Gasteiger charge is 2.38. The van der Waals surface area contributed by atoms with Crippen molar-refractivity contribution in [2.45, 2.75) is 58.2 Å². The summed E-state index contributed by atoms with van der Waals surface area (Å²) >= 11 is 12.0. The van der Waals surface area contributed by atoms with Crippen LogP contribution >= 0.6 is 23.2 Å². The molecule has 1 saturated heterocycles. The number of nitrogens with one attached hydrogen (secondary N) is 1. The highest BCUT2D eigenvalue weighted by Crippen LogP contribution is 2.31. The first-order valence-corrected chi connectivity index (χ1v) is 11.4. The smallest absolute Gasteiger partial charge is 0.330 e. The van der Waals surface area contributed by atoms with Crippen LogP contribution < -0.4 is 16.0 Å². The minimum absolute atomic E-state index is 0.157. The summed E-state index contributed by atoms with van der Waals surface area (Å²) < 4.78 is 18.1. The van der Waals surface area contributed by atoms with E-state index in [-0.39, 0.29) is 17.2 Å². The van der Waals surface area contributed by atoms with Crippen molar-refractivity contribution in [3.05, 3.63) is 73.0 Å². The molecule has 1 aromatic carbocycles. The summed E-state index contributed by atoms with van der Waals surface area (Å²) in [6.45, 7) is 4.60. The zero-order valence-electron chi connectivity index (χ0n) is 18.7. The zero-order chi connectivity index (χ0) is 25.0. The Kier molecular flexibility index (Phi) is 8.35. The summed E-state index contributed by atoms with van der Waals surface area (Å²) in [4.78, 5) is 50.6. The zero-order valence-corrected chi connectivity index (χ0v) is 20.3. The van der Waals surface area contributed by atoms with Gasteiger partial charge in [-0.05, 0) is 43.7 Å². The normalized spacial score (nSPS) is 20.9. The van der Waals surface area contributed by atoms with Gasteiger partial charge in [-0.1, -0.05) is 30.1 Å². The van der Waals surface area contributed by atoms with E-state index in [0.29, 0.717) is 22.8 Å². The fourth-order valence-electron chi connectivity index (χ4n) is 3.47. The summed E-state index contributed by atoms with van der Waals surface area (Å²) in [5.74, 6) is -0.607. The predicted molar refractivity (Wildman–Crippen MR) is 125 cm³/mol. The van der Waals surface area contributed by atoms with Crippen LogP contribution in [0.2, 0.25) is 10.0 Å². The van der Waals surface area contributed by atoms with Crippen molar-refractivity contribution in [1.29, 1.82) is 0 Å². The number of aromatic amines is 1. The van der Waals surface area contributed by atoms with E-state index in [4.69, 9.17) is 37.4 Å². The Morgan fingerprint density at radius 2 is 2.06 bits per heavy atom. The van der Waals surface area contributed by atoms with Gasteiger partial charge in [0, 0.05) is 30.1 Å². The lowest BCUT2D eigenvalue weighted by molar-refractivity contribution is -0.147. The van der Waals surface area contributed by atoms with Crippen LogP contribution in [0.3, 0.4) is 0 Å². The summed E-state index contributed by atoms with van der Waals surface area (Å²) in [6.07, 6.45) is 1.53. The molecular formula is C23H24Cl2N2O7. The standard InChI is InChI=1S/C23H24Cl2N2O7/c1-4-14-11-27(23(31)26-22(14)30)21-10-20(33-13(3)28)19(34-21)8-6-17(29)12(2)32-18-7-5-15(24)9-16(18)25/h5-9,11-12,19-21H,4,10H2,1-3H3,(H,26,30,31)/b8-6+/t12-,19-,20?,21-/m0/s1. The molecule has 1 aliphatic heterocycles. The van der Waals surface area contributed by atoms with Gasteiger partial charge in [-0.2, -0.15) is 0 Å². The largest absolute Gasteiger partial charge is 0.481 e. The van der Waals surface area contributed by atoms with Gasteiger partial charge in [-0.15, -0.1) is 0 Å². The summed E-state index contributed by atoms with van der Waals surface area (Å²) in [6, 6.07) is 4.66. The molecule has 9 nitrogen and oxygen atoms in total. The number of ketones is 1. The molecule has 1 unspecified atom stereocenters. The number of nitrogens with zero attached hydrogens (tertiary/aromatic N) is 1. The number of ether oxygens (including phenoxy) is 3. The maximum absolute atomic E-state index is 12.6. The van der Waals surface area contributed by atoms with Gasteiger partial charge < -0.3 is 14.2 Å². The Labute approximate surface area is 205 Å². The second kappa shape index (κ2) is 11.0. The Bertz CT molecular complexity index is 1220. The third kappa shape index (κ3) is 6.16. The molecule has 1 N–H and O–H groups in total. The Hall–Kier alpha value is -2.88. The van der Waals surface area contributed by atoms with Crippen LogP contribution in [0.15, 0.2) is 46.1 Å². The predicted octanol–water partition coefficient (Wildman–Crippen LogP) is 3.22. The summed E-state index contributed by atoms with van der Waals surface area (Å²) in [5, 5.41) is 0.708. The van der Waals surface area contributed by atoms with Gasteiger partial charge in [0.25, 0.3) is 5.56 Å². The molecule has 0 bridgehead atoms. The molecule has 3 rings (SSSR count). The Morgan fingerprint density at radius 1 is 1.32 bits per heavy atom. The molecule has 0 aliphatic carbocycles. The summed E-state index contributed by atoms with van der Waals surface area (Å²) in [7, 11) is 0. The van der Waals surface area contributed by atoms with E-state index in [1.54, 1.807) is 26.0 Å². The fraction of sp³-hybridized carbons (Fsp3) is 0.391. The van der Waals surface area contributed by atoms with E-state index in [9.17, 15) is 19.2 Å². The average molecular weight is 511 g/mol. The molecule has 1 fully saturated rings. The van der Waals surface area contributed by atoms with Crippen LogP contribution in [-0.2, 0) is 25.5 Å². The monoisotopic (exact) mass is 510 g/mol. The number of carbonyl (C=O) groups is 2. The lowest BCUT2D eigenvalue weighted by atomic mass is 10.1. The van der Waals surface area contributed by atoms with Gasteiger partial charge in [0.2, 0.25) is 0 Å². The molecule has 34 heavy (non-hydrogen) atoms. The van der Waals surface area contributed by atoms with E-state index in [1.165, 1.54) is 35.9 Å². The number of aromatic nitrogens is 2. The second-order valence-electron chi connectivity index (χ2n) is 7.71. The minimum Gasteiger partial charge on any atom is -0.481 e. The van der Waals surface area contributed by atoms with Gasteiger partial charge >= 0.3 is 11.7 Å². The third-order valence-corrected chi connectivity index (χ3v) is 5.74. The van der Waals surface area contributed by atoms with Crippen molar-refractivity contribution in [3.63, 3.8) is 0 Å². The molecule has 4 atom stereocenters. The lowest BCUT2D eigenvalue weighted by Gasteiger charge is -2.16. The number of H-pyrrole nitrogens is 1. The Balaban J connectivity index is 1.76. The number of hydrogen-bond donors (Lipinski definition) is 1. The van der Waals surface area contributed by atoms with E-state index in [1.807, 2.05) is 0 Å². The van der Waals surface area contributed by atoms with Crippen molar-refractivity contribution in [3.8, 4) is 5.75 Å². The minimum atomic E-state index is -0.867. The van der Waals surface area contributed by atoms with Gasteiger partial charge in [0.05, 0.1) is 5.02 Å². The van der Waals surface area contributed by atoms with Gasteiger partial charge in [-0.25, -0.2) is 4.79 Å². The highest BCUT2D eigenvalue weighted by molar-refractivity contribution is 6.35. The Morgan fingerprint density at radius 3 is 2.71 bits per heavy atom. The topological polar surface area (TPSA) is 117 Å². The SMILES string of the molecule is CCc1cn([C@@H]2CC(OC(C)=O)[C@H](/C=C/C(=O)[C@H](C)Oc3ccc(Cl)cc3Cl)O2)c(=O)[nH]c1=O. The lowest BCUT2D eigenvalue weighted by Crippen LogP contribution is -2.34. The van der Waals surface area contributed by atoms with Crippen LogP contribution in [0.5, 0.6) is 5.75 Å². The molecule has 1 aromatic heterocycles. The van der Waals surface area contributed by atoms with Crippen LogP contribution in [0.4, 0.5) is 0 Å². The molecule has 2 heterocycles. The van der Waals surface area contributed by atoms with Crippen LogP contribution in [-0.4, -0.2) is 39.6 Å². The molecular weight excluding hydrogens is 487 g/mol. The third-order valence-electron chi connectivity index (χ3n) is 5.21. The van der Waals surface area contributed by atoms with Crippen molar-refractivity contribution in [2.75, 3.05) is 0 Å². The molecule has 11 heteroatoms. The first kappa shape index (κ1) is 25.7. The van der Waals surface area contributed by atoms with Crippen LogP contribution in [0, 0.1) is 0 Å². The van der Waals surface area contributed by atoms with Crippen molar-refractivity contribution >= 4 is 35.0 Å². The first-order chi connectivity index (χ1) is 16.1. The maximum atomic E-state index is 12.6. The quantitative estimate of drug-likeness (QED) is 0.427. The van der Waals surface area contributed by atoms with Crippen molar-refractivity contribution in [2.24, 2.45) is 0 Å². The van der Waals surface area contributed by atoms with Crippen molar-refractivity contribution < 1.29 is 23.8 Å². The van der Waals surface area contributed by atoms with Crippen LogP contribution in [0.1, 0.15) is 39.0 Å². The van der Waals surface area contributed by atoms with Crippen molar-refractivity contribution in [1.82, 2.24) is 9.55 Å². The molecule has 0 radical (unpaired) electrons. The van der Waals surface area contributed by atoms with Gasteiger partial charge in [0.1, 0.15) is 24.2 Å². The van der Waals surface area contributed by atoms with Gasteiger partial charge in [0.15, 0.2) is 11.9 Å². The summed E-state index contributed by atoms with van der Waals surface area (Å²) in [5.41, 5.74) is -0.695. The van der Waals surface area contributed by atoms with E-state index < -0.39 is 41.8 Å². The number of benzene rings is 1. The average Bonchev–Trinajstić information content (AvgIpc) is 3.15. The number of hydrogen-bond acceptors (Lipinski definition) is 7. The number of carbonyl (C=O) groups excluding carboxylic acids is 2. The van der Waals surface area contributed by atoms with Gasteiger partial charge in [-0.3, -0.25) is 23.9 Å². The number of halogens is 2.